The highest BCUT2D eigenvalue weighted by Crippen LogP contribution is 2.45. The van der Waals surface area contributed by atoms with Gasteiger partial charge in [0.25, 0.3) is 0 Å². The summed E-state index contributed by atoms with van der Waals surface area (Å²) in [6, 6.07) is 65.7. The van der Waals surface area contributed by atoms with Crippen molar-refractivity contribution in [2.45, 2.75) is 0 Å². The molecule has 0 aliphatic heterocycles. The summed E-state index contributed by atoms with van der Waals surface area (Å²) in [6.45, 7) is 0. The van der Waals surface area contributed by atoms with E-state index in [1.807, 2.05) is 6.07 Å². The molecule has 0 saturated heterocycles. The van der Waals surface area contributed by atoms with Crippen LogP contribution >= 0.6 is 0 Å². The smallest absolute Gasteiger partial charge is 0.136 e. The van der Waals surface area contributed by atoms with Crippen molar-refractivity contribution in [3.05, 3.63) is 182 Å². The number of rotatable bonds is 4. The van der Waals surface area contributed by atoms with Gasteiger partial charge >= 0.3 is 0 Å². The van der Waals surface area contributed by atoms with Crippen LogP contribution in [0.25, 0.3) is 98.8 Å². The highest BCUT2D eigenvalue weighted by molar-refractivity contribution is 6.22. The van der Waals surface area contributed by atoms with Crippen molar-refractivity contribution >= 4 is 54.3 Å². The fourth-order valence-corrected chi connectivity index (χ4v) is 7.70. The summed E-state index contributed by atoms with van der Waals surface area (Å²) in [7, 11) is 0. The molecule has 0 fully saturated rings. The van der Waals surface area contributed by atoms with Crippen molar-refractivity contribution in [3.63, 3.8) is 0 Å². The molecule has 0 bridgehead atoms. The van der Waals surface area contributed by atoms with Gasteiger partial charge in [0, 0.05) is 10.8 Å². The average molecular weight is 623 g/mol. The zero-order valence-corrected chi connectivity index (χ0v) is 26.7. The third-order valence-corrected chi connectivity index (χ3v) is 10.0. The molecule has 0 unspecified atom stereocenters. The quantitative estimate of drug-likeness (QED) is 0.178. The molecule has 228 valence electrons. The molecule has 1 heterocycles. The fraction of sp³-hybridized carbons (Fsp3) is 0. The topological polar surface area (TPSA) is 13.1 Å². The number of benzene rings is 9. The van der Waals surface area contributed by atoms with Crippen LogP contribution in [0.2, 0.25) is 0 Å². The van der Waals surface area contributed by atoms with Crippen molar-refractivity contribution in [1.82, 2.24) is 0 Å². The molecule has 10 aromatic rings. The minimum absolute atomic E-state index is 0.902. The van der Waals surface area contributed by atoms with E-state index in [0.717, 1.165) is 33.1 Å². The summed E-state index contributed by atoms with van der Waals surface area (Å²) in [6.07, 6.45) is 0. The second-order valence-electron chi connectivity index (χ2n) is 12.9. The lowest BCUT2D eigenvalue weighted by molar-refractivity contribution is 0.669. The molecule has 0 N–H and O–H groups in total. The molecule has 1 aromatic heterocycles. The molecule has 1 heteroatoms. The Labute approximate surface area is 284 Å². The standard InChI is InChI=1S/C48H30O/c1-3-11-31(12-4-1)33-19-20-35-28-37(22-21-34(35)27-33)47-41-15-7-9-17-43(41)48(44-18-10-8-16-42(44)47)38-24-26-40-39-25-23-36(32-13-5-2-6-14-32)29-45(39)49-46(40)30-38/h1-30H. The SMILES string of the molecule is c1ccc(-c2ccc3cc(-c4c5ccccc5c(-c5ccc6c(c5)oc5cc(-c7ccccc7)ccc56)c5ccccc45)ccc3c2)cc1. The third-order valence-electron chi connectivity index (χ3n) is 10.0. The van der Waals surface area contributed by atoms with Gasteiger partial charge in [-0.05, 0) is 113 Å². The van der Waals surface area contributed by atoms with Gasteiger partial charge in [-0.25, -0.2) is 0 Å². The normalized spacial score (nSPS) is 11.7. The lowest BCUT2D eigenvalue weighted by Crippen LogP contribution is -1.91. The zero-order valence-electron chi connectivity index (χ0n) is 26.7. The van der Waals surface area contributed by atoms with Crippen LogP contribution in [0.4, 0.5) is 0 Å². The molecule has 0 amide bonds. The van der Waals surface area contributed by atoms with Gasteiger partial charge in [0.2, 0.25) is 0 Å². The van der Waals surface area contributed by atoms with Gasteiger partial charge in [-0.15, -0.1) is 0 Å². The number of hydrogen-bond donors (Lipinski definition) is 0. The van der Waals surface area contributed by atoms with Crippen molar-refractivity contribution in [2.75, 3.05) is 0 Å². The summed E-state index contributed by atoms with van der Waals surface area (Å²) in [5.74, 6) is 0. The van der Waals surface area contributed by atoms with Gasteiger partial charge in [-0.1, -0.05) is 146 Å². The van der Waals surface area contributed by atoms with Crippen molar-refractivity contribution in [2.24, 2.45) is 0 Å². The summed E-state index contributed by atoms with van der Waals surface area (Å²) in [5.41, 5.74) is 11.5. The first-order valence-electron chi connectivity index (χ1n) is 16.8. The Hall–Kier alpha value is -6.44. The highest BCUT2D eigenvalue weighted by Gasteiger charge is 2.18. The van der Waals surface area contributed by atoms with E-state index < -0.39 is 0 Å². The third kappa shape index (κ3) is 4.55. The van der Waals surface area contributed by atoms with Gasteiger partial charge in [0.1, 0.15) is 11.2 Å². The molecule has 0 spiro atoms. The highest BCUT2D eigenvalue weighted by atomic mass is 16.3. The van der Waals surface area contributed by atoms with Crippen LogP contribution in [0.5, 0.6) is 0 Å². The van der Waals surface area contributed by atoms with Crippen LogP contribution < -0.4 is 0 Å². The second-order valence-corrected chi connectivity index (χ2v) is 12.9. The lowest BCUT2D eigenvalue weighted by atomic mass is 9.85. The van der Waals surface area contributed by atoms with Crippen molar-refractivity contribution in [1.29, 1.82) is 0 Å². The molecule has 0 aliphatic rings. The van der Waals surface area contributed by atoms with Crippen LogP contribution in [0, 0.1) is 0 Å². The largest absolute Gasteiger partial charge is 0.456 e. The number of furan rings is 1. The minimum atomic E-state index is 0.902. The molecule has 9 aromatic carbocycles. The van der Waals surface area contributed by atoms with Crippen LogP contribution in [-0.4, -0.2) is 0 Å². The van der Waals surface area contributed by atoms with Gasteiger partial charge < -0.3 is 4.42 Å². The molecule has 1 nitrogen and oxygen atoms in total. The maximum atomic E-state index is 6.57. The Bertz CT molecular complexity index is 2800. The Morgan fingerprint density at radius 3 is 1.14 bits per heavy atom. The molecule has 49 heavy (non-hydrogen) atoms. The van der Waals surface area contributed by atoms with E-state index in [4.69, 9.17) is 4.42 Å². The first-order valence-corrected chi connectivity index (χ1v) is 16.8. The Balaban J connectivity index is 1.15. The molecule has 0 aliphatic carbocycles. The van der Waals surface area contributed by atoms with Crippen LogP contribution in [0.15, 0.2) is 186 Å². The van der Waals surface area contributed by atoms with E-state index in [1.54, 1.807) is 0 Å². The van der Waals surface area contributed by atoms with Gasteiger partial charge in [0.15, 0.2) is 0 Å². The van der Waals surface area contributed by atoms with E-state index in [0.29, 0.717) is 0 Å². The molecular weight excluding hydrogens is 593 g/mol. The molecule has 10 rings (SSSR count). The van der Waals surface area contributed by atoms with Gasteiger partial charge in [-0.2, -0.15) is 0 Å². The summed E-state index contributed by atoms with van der Waals surface area (Å²) in [5, 5.41) is 9.71. The maximum absolute atomic E-state index is 6.57. The monoisotopic (exact) mass is 622 g/mol. The Morgan fingerprint density at radius 1 is 0.245 bits per heavy atom. The van der Waals surface area contributed by atoms with Crippen LogP contribution in [0.1, 0.15) is 0 Å². The molecule has 0 atom stereocenters. The first-order chi connectivity index (χ1) is 24.3. The van der Waals surface area contributed by atoms with Crippen molar-refractivity contribution in [3.8, 4) is 44.5 Å². The number of fused-ring (bicyclic) bond motifs is 6. The number of hydrogen-bond acceptors (Lipinski definition) is 1. The average Bonchev–Trinajstić information content (AvgIpc) is 3.54. The molecular formula is C48H30O. The van der Waals surface area contributed by atoms with Crippen LogP contribution in [-0.2, 0) is 0 Å². The second kappa shape index (κ2) is 11.1. The first kappa shape index (κ1) is 27.7. The van der Waals surface area contributed by atoms with E-state index in [9.17, 15) is 0 Å². The summed E-state index contributed by atoms with van der Waals surface area (Å²) >= 11 is 0. The van der Waals surface area contributed by atoms with E-state index >= 15 is 0 Å². The molecule has 0 radical (unpaired) electrons. The van der Waals surface area contributed by atoms with Gasteiger partial charge in [-0.3, -0.25) is 0 Å². The predicted octanol–water partition coefficient (Wildman–Crippen LogP) is 13.7. The van der Waals surface area contributed by atoms with E-state index in [2.05, 4.69) is 176 Å². The van der Waals surface area contributed by atoms with E-state index in [1.165, 1.54) is 65.7 Å². The Kier molecular flexibility index (Phi) is 6.25. The summed E-state index contributed by atoms with van der Waals surface area (Å²) < 4.78 is 6.57. The van der Waals surface area contributed by atoms with Crippen LogP contribution in [0.3, 0.4) is 0 Å². The zero-order chi connectivity index (χ0) is 32.3. The summed E-state index contributed by atoms with van der Waals surface area (Å²) in [4.78, 5) is 0. The maximum Gasteiger partial charge on any atom is 0.136 e. The minimum Gasteiger partial charge on any atom is -0.456 e. The lowest BCUT2D eigenvalue weighted by Gasteiger charge is -2.18. The van der Waals surface area contributed by atoms with Crippen molar-refractivity contribution < 1.29 is 4.42 Å². The van der Waals surface area contributed by atoms with Gasteiger partial charge in [0.05, 0.1) is 0 Å². The fourth-order valence-electron chi connectivity index (χ4n) is 7.70. The molecule has 0 saturated carbocycles. The van der Waals surface area contributed by atoms with E-state index in [-0.39, 0.29) is 0 Å². The Morgan fingerprint density at radius 2 is 0.612 bits per heavy atom. The predicted molar refractivity (Wildman–Crippen MR) is 208 cm³/mol.